The summed E-state index contributed by atoms with van der Waals surface area (Å²) in [6.07, 6.45) is 2.55. The van der Waals surface area contributed by atoms with Gasteiger partial charge in [0.1, 0.15) is 5.82 Å². The van der Waals surface area contributed by atoms with Gasteiger partial charge in [-0.15, -0.1) is 0 Å². The summed E-state index contributed by atoms with van der Waals surface area (Å²) in [5.74, 6) is 0.918. The number of pyridine rings is 1. The third kappa shape index (κ3) is 2.71. The highest BCUT2D eigenvalue weighted by atomic mass is 16.3. The SMILES string of the molecule is CC1CN(Cc2ccc(N)nc2)CCC1O. The lowest BCUT2D eigenvalue weighted by atomic mass is 9.96. The van der Waals surface area contributed by atoms with Crippen LogP contribution in [0.15, 0.2) is 18.3 Å². The molecule has 0 radical (unpaired) electrons. The number of anilines is 1. The minimum atomic E-state index is -0.138. The van der Waals surface area contributed by atoms with E-state index in [9.17, 15) is 5.11 Å². The van der Waals surface area contributed by atoms with Crippen LogP contribution in [-0.4, -0.2) is 34.2 Å². The van der Waals surface area contributed by atoms with Crippen LogP contribution in [0.1, 0.15) is 18.9 Å². The van der Waals surface area contributed by atoms with Gasteiger partial charge < -0.3 is 10.8 Å². The molecule has 1 aliphatic rings. The molecule has 1 aromatic heterocycles. The molecule has 2 unspecified atom stereocenters. The Labute approximate surface area is 96.1 Å². The van der Waals surface area contributed by atoms with E-state index in [1.807, 2.05) is 18.3 Å². The van der Waals surface area contributed by atoms with E-state index < -0.39 is 0 Å². The monoisotopic (exact) mass is 221 g/mol. The first kappa shape index (κ1) is 11.4. The molecule has 3 N–H and O–H groups in total. The fourth-order valence-electron chi connectivity index (χ4n) is 2.15. The number of likely N-dealkylation sites (tertiary alicyclic amines) is 1. The Hall–Kier alpha value is -1.13. The molecule has 4 heteroatoms. The Morgan fingerprint density at radius 1 is 1.56 bits per heavy atom. The van der Waals surface area contributed by atoms with Crippen LogP contribution in [0.4, 0.5) is 5.82 Å². The molecule has 4 nitrogen and oxygen atoms in total. The van der Waals surface area contributed by atoms with Crippen molar-refractivity contribution in [2.45, 2.75) is 26.0 Å². The molecule has 1 fully saturated rings. The topological polar surface area (TPSA) is 62.4 Å². The van der Waals surface area contributed by atoms with Gasteiger partial charge in [0.25, 0.3) is 0 Å². The Morgan fingerprint density at radius 3 is 3.00 bits per heavy atom. The van der Waals surface area contributed by atoms with Gasteiger partial charge in [0.2, 0.25) is 0 Å². The molecule has 16 heavy (non-hydrogen) atoms. The number of piperidine rings is 1. The lowest BCUT2D eigenvalue weighted by molar-refractivity contribution is 0.0320. The number of aliphatic hydroxyl groups is 1. The number of aliphatic hydroxyl groups excluding tert-OH is 1. The average Bonchev–Trinajstić information content (AvgIpc) is 2.27. The molecule has 2 rings (SSSR count). The third-order valence-corrected chi connectivity index (χ3v) is 3.20. The van der Waals surface area contributed by atoms with Crippen LogP contribution in [0.2, 0.25) is 0 Å². The number of aromatic nitrogens is 1. The van der Waals surface area contributed by atoms with E-state index in [2.05, 4.69) is 16.8 Å². The molecule has 0 aromatic carbocycles. The Morgan fingerprint density at radius 2 is 2.38 bits per heavy atom. The number of rotatable bonds is 2. The summed E-state index contributed by atoms with van der Waals surface area (Å²) in [7, 11) is 0. The molecule has 2 atom stereocenters. The molecule has 0 bridgehead atoms. The van der Waals surface area contributed by atoms with E-state index in [4.69, 9.17) is 5.73 Å². The van der Waals surface area contributed by atoms with Gasteiger partial charge >= 0.3 is 0 Å². The lowest BCUT2D eigenvalue weighted by Gasteiger charge is -2.34. The number of nitrogens with zero attached hydrogens (tertiary/aromatic N) is 2. The van der Waals surface area contributed by atoms with Gasteiger partial charge in [0, 0.05) is 25.8 Å². The zero-order valence-electron chi connectivity index (χ0n) is 9.63. The highest BCUT2D eigenvalue weighted by molar-refractivity contribution is 5.29. The van der Waals surface area contributed by atoms with Crippen molar-refractivity contribution in [1.29, 1.82) is 0 Å². The molecule has 1 aromatic rings. The van der Waals surface area contributed by atoms with Crippen LogP contribution in [-0.2, 0) is 6.54 Å². The molecule has 0 aliphatic carbocycles. The minimum absolute atomic E-state index is 0.138. The predicted octanol–water partition coefficient (Wildman–Crippen LogP) is 0.867. The first-order chi connectivity index (χ1) is 7.65. The minimum Gasteiger partial charge on any atom is -0.393 e. The zero-order valence-corrected chi connectivity index (χ0v) is 9.63. The van der Waals surface area contributed by atoms with E-state index in [1.54, 1.807) is 0 Å². The van der Waals surface area contributed by atoms with Gasteiger partial charge in [-0.3, -0.25) is 4.90 Å². The number of hydrogen-bond acceptors (Lipinski definition) is 4. The van der Waals surface area contributed by atoms with E-state index >= 15 is 0 Å². The van der Waals surface area contributed by atoms with Gasteiger partial charge in [-0.1, -0.05) is 13.0 Å². The number of nitrogens with two attached hydrogens (primary N) is 1. The third-order valence-electron chi connectivity index (χ3n) is 3.20. The summed E-state index contributed by atoms with van der Waals surface area (Å²) in [5.41, 5.74) is 6.72. The van der Waals surface area contributed by atoms with Gasteiger partial charge in [-0.25, -0.2) is 4.98 Å². The maximum atomic E-state index is 9.64. The summed E-state index contributed by atoms with van der Waals surface area (Å²) < 4.78 is 0. The predicted molar refractivity (Wildman–Crippen MR) is 63.7 cm³/mol. The number of nitrogen functional groups attached to an aromatic ring is 1. The molecule has 0 amide bonds. The summed E-state index contributed by atoms with van der Waals surface area (Å²) in [6.45, 7) is 4.89. The van der Waals surface area contributed by atoms with Crippen LogP contribution < -0.4 is 5.73 Å². The molecule has 1 aliphatic heterocycles. The van der Waals surface area contributed by atoms with Crippen LogP contribution >= 0.6 is 0 Å². The molecule has 2 heterocycles. The van der Waals surface area contributed by atoms with Gasteiger partial charge in [0.05, 0.1) is 6.10 Å². The van der Waals surface area contributed by atoms with Crippen molar-refractivity contribution in [3.05, 3.63) is 23.9 Å². The van der Waals surface area contributed by atoms with Crippen LogP contribution in [0.25, 0.3) is 0 Å². The van der Waals surface area contributed by atoms with Crippen molar-refractivity contribution in [2.75, 3.05) is 18.8 Å². The second kappa shape index (κ2) is 4.80. The maximum Gasteiger partial charge on any atom is 0.123 e. The van der Waals surface area contributed by atoms with Crippen molar-refractivity contribution in [3.63, 3.8) is 0 Å². The quantitative estimate of drug-likeness (QED) is 0.777. The summed E-state index contributed by atoms with van der Waals surface area (Å²) in [4.78, 5) is 6.43. The van der Waals surface area contributed by atoms with Gasteiger partial charge in [0.15, 0.2) is 0 Å². The average molecular weight is 221 g/mol. The van der Waals surface area contributed by atoms with E-state index in [1.165, 1.54) is 5.56 Å². The molecular weight excluding hydrogens is 202 g/mol. The van der Waals surface area contributed by atoms with Crippen molar-refractivity contribution < 1.29 is 5.11 Å². The zero-order chi connectivity index (χ0) is 11.5. The smallest absolute Gasteiger partial charge is 0.123 e. The van der Waals surface area contributed by atoms with Crippen molar-refractivity contribution >= 4 is 5.82 Å². The summed E-state index contributed by atoms with van der Waals surface area (Å²) in [5, 5.41) is 9.64. The van der Waals surface area contributed by atoms with E-state index in [-0.39, 0.29) is 6.10 Å². The highest BCUT2D eigenvalue weighted by Crippen LogP contribution is 2.18. The van der Waals surface area contributed by atoms with Crippen LogP contribution in [0.5, 0.6) is 0 Å². The van der Waals surface area contributed by atoms with E-state index in [0.717, 1.165) is 26.1 Å². The second-order valence-corrected chi connectivity index (χ2v) is 4.66. The maximum absolute atomic E-state index is 9.64. The fraction of sp³-hybridized carbons (Fsp3) is 0.583. The first-order valence-corrected chi connectivity index (χ1v) is 5.76. The fourth-order valence-corrected chi connectivity index (χ4v) is 2.15. The largest absolute Gasteiger partial charge is 0.393 e. The Balaban J connectivity index is 1.93. The lowest BCUT2D eigenvalue weighted by Crippen LogP contribution is -2.41. The van der Waals surface area contributed by atoms with Crippen LogP contribution in [0.3, 0.4) is 0 Å². The summed E-state index contributed by atoms with van der Waals surface area (Å²) >= 11 is 0. The first-order valence-electron chi connectivity index (χ1n) is 5.76. The molecule has 1 saturated heterocycles. The van der Waals surface area contributed by atoms with Crippen molar-refractivity contribution in [1.82, 2.24) is 9.88 Å². The molecule has 0 spiro atoms. The molecular formula is C12H19N3O. The second-order valence-electron chi connectivity index (χ2n) is 4.66. The summed E-state index contributed by atoms with van der Waals surface area (Å²) in [6, 6.07) is 3.84. The van der Waals surface area contributed by atoms with Gasteiger partial charge in [-0.2, -0.15) is 0 Å². The molecule has 88 valence electrons. The van der Waals surface area contributed by atoms with E-state index in [0.29, 0.717) is 11.7 Å². The normalized spacial score (nSPS) is 26.9. The highest BCUT2D eigenvalue weighted by Gasteiger charge is 2.23. The van der Waals surface area contributed by atoms with Crippen LogP contribution in [0, 0.1) is 5.92 Å². The van der Waals surface area contributed by atoms with Crippen molar-refractivity contribution in [2.24, 2.45) is 5.92 Å². The van der Waals surface area contributed by atoms with Crippen molar-refractivity contribution in [3.8, 4) is 0 Å². The Bertz CT molecular complexity index is 339. The standard InChI is InChI=1S/C12H19N3O/c1-9-7-15(5-4-11(9)16)8-10-2-3-12(13)14-6-10/h2-3,6,9,11,16H,4-5,7-8H2,1H3,(H2,13,14). The Kier molecular flexibility index (Phi) is 3.41. The van der Waals surface area contributed by atoms with Gasteiger partial charge in [-0.05, 0) is 24.0 Å². The number of hydrogen-bond donors (Lipinski definition) is 2. The molecule has 0 saturated carbocycles.